The normalized spacial score (nSPS) is 41.6. The van der Waals surface area contributed by atoms with Crippen LogP contribution in [0.25, 0.3) is 0 Å². The number of hydrogen-bond donors (Lipinski definition) is 0. The summed E-state index contributed by atoms with van der Waals surface area (Å²) < 4.78 is 11.4. The molecule has 0 N–H and O–H groups in total. The molecular weight excluding hydrogens is 253 g/mol. The summed E-state index contributed by atoms with van der Waals surface area (Å²) in [7, 11) is 0. The first-order chi connectivity index (χ1) is 8.14. The van der Waals surface area contributed by atoms with E-state index in [9.17, 15) is 0 Å². The Morgan fingerprint density at radius 1 is 1.00 bits per heavy atom. The van der Waals surface area contributed by atoms with Gasteiger partial charge in [-0.2, -0.15) is 0 Å². The highest BCUT2D eigenvalue weighted by atomic mass is 32.5. The lowest BCUT2D eigenvalue weighted by Crippen LogP contribution is -2.40. The van der Waals surface area contributed by atoms with Gasteiger partial charge in [0.15, 0.2) is 6.49 Å². The lowest BCUT2D eigenvalue weighted by molar-refractivity contribution is 0.0499. The minimum atomic E-state index is -1.87. The maximum absolute atomic E-state index is 5.71. The molecule has 0 atom stereocenters. The third kappa shape index (κ3) is 3.10. The Morgan fingerprint density at radius 3 is 2.12 bits per heavy atom. The maximum Gasteiger partial charge on any atom is 0.185 e. The van der Waals surface area contributed by atoms with Crippen molar-refractivity contribution in [3.63, 3.8) is 0 Å². The minimum absolute atomic E-state index is 0.590. The first-order valence-electron chi connectivity index (χ1n) is 6.75. The summed E-state index contributed by atoms with van der Waals surface area (Å²) in [5.74, 6) is 1.38. The van der Waals surface area contributed by atoms with Crippen LogP contribution >= 0.6 is 6.49 Å². The summed E-state index contributed by atoms with van der Waals surface area (Å²) in [4.78, 5) is 2.67. The fourth-order valence-corrected chi connectivity index (χ4v) is 4.38. The van der Waals surface area contributed by atoms with Crippen molar-refractivity contribution < 1.29 is 9.05 Å². The number of hydrogen-bond acceptors (Lipinski definition) is 4. The van der Waals surface area contributed by atoms with E-state index < -0.39 is 6.49 Å². The van der Waals surface area contributed by atoms with Crippen molar-refractivity contribution in [3.8, 4) is 0 Å². The summed E-state index contributed by atoms with van der Waals surface area (Å²) in [6.07, 6.45) is 5.50. The van der Waals surface area contributed by atoms with Crippen molar-refractivity contribution in [2.45, 2.75) is 31.7 Å². The van der Waals surface area contributed by atoms with Gasteiger partial charge in [-0.15, -0.1) is 0 Å². The van der Waals surface area contributed by atoms with Crippen LogP contribution in [0.1, 0.15) is 25.7 Å². The molecule has 1 saturated carbocycles. The average molecular weight is 275 g/mol. The first kappa shape index (κ1) is 12.6. The van der Waals surface area contributed by atoms with Crippen LogP contribution in [0.15, 0.2) is 0 Å². The van der Waals surface area contributed by atoms with Crippen LogP contribution in [-0.2, 0) is 20.9 Å². The van der Waals surface area contributed by atoms with E-state index in [1.54, 1.807) is 0 Å². The zero-order chi connectivity index (χ0) is 11.9. The van der Waals surface area contributed by atoms with Crippen molar-refractivity contribution >= 4 is 18.3 Å². The van der Waals surface area contributed by atoms with Crippen molar-refractivity contribution in [3.05, 3.63) is 0 Å². The standard InChI is InChI=1S/C12H22NO2PS/c1-16(17)14-8-11(9-15-16)10-4-6-13(7-5-10)12-2-3-12/h10-12H,2-9H2,1H3. The van der Waals surface area contributed by atoms with E-state index in [1.807, 2.05) is 6.66 Å². The third-order valence-corrected chi connectivity index (χ3v) is 6.22. The monoisotopic (exact) mass is 275 g/mol. The molecule has 3 aliphatic rings. The van der Waals surface area contributed by atoms with Gasteiger partial charge in [-0.3, -0.25) is 0 Å². The number of rotatable bonds is 2. The SMILES string of the molecule is CP1(=S)OCC(C2CCN(C3CC3)CC2)CO1. The number of likely N-dealkylation sites (tertiary alicyclic amines) is 1. The maximum atomic E-state index is 5.71. The fourth-order valence-electron chi connectivity index (χ4n) is 3.02. The molecule has 2 aliphatic heterocycles. The number of nitrogens with zero attached hydrogens (tertiary/aromatic N) is 1. The van der Waals surface area contributed by atoms with Crippen molar-refractivity contribution in [2.24, 2.45) is 11.8 Å². The second-order valence-corrected chi connectivity index (χ2v) is 9.78. The van der Waals surface area contributed by atoms with Gasteiger partial charge in [-0.05, 0) is 56.5 Å². The molecule has 0 aromatic carbocycles. The Morgan fingerprint density at radius 2 is 1.59 bits per heavy atom. The lowest BCUT2D eigenvalue weighted by Gasteiger charge is -2.39. The Bertz CT molecular complexity index is 314. The van der Waals surface area contributed by atoms with Crippen molar-refractivity contribution in [2.75, 3.05) is 33.0 Å². The van der Waals surface area contributed by atoms with Gasteiger partial charge in [0.2, 0.25) is 0 Å². The highest BCUT2D eigenvalue weighted by Gasteiger charge is 2.36. The highest BCUT2D eigenvalue weighted by molar-refractivity contribution is 8.09. The van der Waals surface area contributed by atoms with Crippen LogP contribution in [0.4, 0.5) is 0 Å². The zero-order valence-electron chi connectivity index (χ0n) is 10.5. The van der Waals surface area contributed by atoms with Gasteiger partial charge >= 0.3 is 0 Å². The molecule has 0 bridgehead atoms. The molecular formula is C12H22NO2PS. The Labute approximate surface area is 109 Å². The van der Waals surface area contributed by atoms with E-state index in [2.05, 4.69) is 4.90 Å². The fraction of sp³-hybridized carbons (Fsp3) is 1.00. The summed E-state index contributed by atoms with van der Waals surface area (Å²) in [5.41, 5.74) is 0. The van der Waals surface area contributed by atoms with E-state index in [-0.39, 0.29) is 0 Å². The summed E-state index contributed by atoms with van der Waals surface area (Å²) in [6, 6.07) is 0.927. The molecule has 0 aromatic heterocycles. The van der Waals surface area contributed by atoms with E-state index in [0.29, 0.717) is 5.92 Å². The van der Waals surface area contributed by atoms with Crippen LogP contribution in [-0.4, -0.2) is 43.9 Å². The molecule has 0 spiro atoms. The first-order valence-corrected chi connectivity index (χ1v) is 9.83. The quantitative estimate of drug-likeness (QED) is 0.722. The van der Waals surface area contributed by atoms with Gasteiger partial charge in [0, 0.05) is 18.6 Å². The van der Waals surface area contributed by atoms with Crippen LogP contribution in [0.3, 0.4) is 0 Å². The van der Waals surface area contributed by atoms with Crippen LogP contribution in [0, 0.1) is 11.8 Å². The third-order valence-electron chi connectivity index (χ3n) is 4.35. The summed E-state index contributed by atoms with van der Waals surface area (Å²) in [6.45, 7) is 4.31. The Balaban J connectivity index is 1.48. The highest BCUT2D eigenvalue weighted by Crippen LogP contribution is 2.49. The van der Waals surface area contributed by atoms with E-state index >= 15 is 0 Å². The molecule has 1 aliphatic carbocycles. The van der Waals surface area contributed by atoms with Crippen LogP contribution in [0.2, 0.25) is 0 Å². The lowest BCUT2D eigenvalue weighted by atomic mass is 9.85. The van der Waals surface area contributed by atoms with Gasteiger partial charge in [-0.25, -0.2) is 0 Å². The molecule has 98 valence electrons. The predicted octanol–water partition coefficient (Wildman–Crippen LogP) is 2.46. The predicted molar refractivity (Wildman–Crippen MR) is 72.9 cm³/mol. The molecule has 0 amide bonds. The van der Waals surface area contributed by atoms with Crippen molar-refractivity contribution in [1.29, 1.82) is 0 Å². The summed E-state index contributed by atoms with van der Waals surface area (Å²) >= 11 is 5.27. The summed E-state index contributed by atoms with van der Waals surface area (Å²) in [5, 5.41) is 0. The van der Waals surface area contributed by atoms with Crippen molar-refractivity contribution in [1.82, 2.24) is 4.90 Å². The minimum Gasteiger partial charge on any atom is -0.329 e. The van der Waals surface area contributed by atoms with Crippen LogP contribution in [0.5, 0.6) is 0 Å². The molecule has 2 heterocycles. The average Bonchev–Trinajstić information content (AvgIpc) is 3.13. The molecule has 3 nitrogen and oxygen atoms in total. The van der Waals surface area contributed by atoms with Gasteiger partial charge in [0.1, 0.15) is 0 Å². The van der Waals surface area contributed by atoms with E-state index in [1.165, 1.54) is 38.8 Å². The van der Waals surface area contributed by atoms with E-state index in [0.717, 1.165) is 25.2 Å². The van der Waals surface area contributed by atoms with Gasteiger partial charge in [0.05, 0.1) is 13.2 Å². The molecule has 17 heavy (non-hydrogen) atoms. The zero-order valence-corrected chi connectivity index (χ0v) is 12.2. The molecule has 3 rings (SSSR count). The van der Waals surface area contributed by atoms with Crippen LogP contribution < -0.4 is 0 Å². The molecule has 0 radical (unpaired) electrons. The molecule has 3 fully saturated rings. The Kier molecular flexibility index (Phi) is 3.62. The second-order valence-electron chi connectivity index (χ2n) is 5.73. The van der Waals surface area contributed by atoms with Gasteiger partial charge < -0.3 is 13.9 Å². The Hall–Kier alpha value is 0.530. The topological polar surface area (TPSA) is 21.7 Å². The van der Waals surface area contributed by atoms with E-state index in [4.69, 9.17) is 20.9 Å². The number of piperidine rings is 1. The molecule has 2 saturated heterocycles. The molecule has 0 aromatic rings. The molecule has 5 heteroatoms. The smallest absolute Gasteiger partial charge is 0.185 e. The van der Waals surface area contributed by atoms with Gasteiger partial charge in [-0.1, -0.05) is 0 Å². The van der Waals surface area contributed by atoms with Gasteiger partial charge in [0.25, 0.3) is 0 Å². The largest absolute Gasteiger partial charge is 0.329 e. The molecule has 0 unspecified atom stereocenters. The second kappa shape index (κ2) is 4.90.